The number of aromatic nitrogens is 1. The second-order valence-electron chi connectivity index (χ2n) is 6.63. The zero-order valence-electron chi connectivity index (χ0n) is 16.7. The number of hydrogen-bond donors (Lipinski definition) is 1. The molecule has 6 heteroatoms. The van der Waals surface area contributed by atoms with Crippen molar-refractivity contribution in [2.24, 2.45) is 0 Å². The van der Waals surface area contributed by atoms with Gasteiger partial charge in [0.25, 0.3) is 5.91 Å². The van der Waals surface area contributed by atoms with E-state index >= 15 is 0 Å². The Morgan fingerprint density at radius 2 is 1.93 bits per heavy atom. The molecule has 1 unspecified atom stereocenters. The molecule has 3 rings (SSSR count). The van der Waals surface area contributed by atoms with Crippen LogP contribution in [-0.4, -0.2) is 25.1 Å². The van der Waals surface area contributed by atoms with Crippen molar-refractivity contribution in [3.63, 3.8) is 0 Å². The van der Waals surface area contributed by atoms with E-state index in [9.17, 15) is 4.79 Å². The van der Waals surface area contributed by atoms with Crippen LogP contribution in [0, 0.1) is 13.8 Å². The van der Waals surface area contributed by atoms with Gasteiger partial charge >= 0.3 is 0 Å². The molecule has 0 fully saturated rings. The van der Waals surface area contributed by atoms with Crippen LogP contribution < -0.4 is 14.8 Å². The van der Waals surface area contributed by atoms with E-state index in [-0.39, 0.29) is 11.9 Å². The maximum absolute atomic E-state index is 12.7. The first-order chi connectivity index (χ1) is 13.4. The van der Waals surface area contributed by atoms with Gasteiger partial charge < -0.3 is 14.8 Å². The summed E-state index contributed by atoms with van der Waals surface area (Å²) in [6, 6.07) is 11.7. The molecule has 0 saturated heterocycles. The maximum atomic E-state index is 12.7. The maximum Gasteiger partial charge on any atom is 0.271 e. The van der Waals surface area contributed by atoms with Crippen LogP contribution in [0.3, 0.4) is 0 Å². The van der Waals surface area contributed by atoms with Gasteiger partial charge in [-0.05, 0) is 44.0 Å². The summed E-state index contributed by atoms with van der Waals surface area (Å²) < 4.78 is 10.8. The predicted molar refractivity (Wildman–Crippen MR) is 112 cm³/mol. The molecule has 5 nitrogen and oxygen atoms in total. The van der Waals surface area contributed by atoms with Crippen LogP contribution in [-0.2, 0) is 0 Å². The number of hydrogen-bond acceptors (Lipinski definition) is 5. The van der Waals surface area contributed by atoms with Gasteiger partial charge in [0.2, 0.25) is 0 Å². The van der Waals surface area contributed by atoms with Gasteiger partial charge in [0.05, 0.1) is 25.8 Å². The van der Waals surface area contributed by atoms with Gasteiger partial charge in [-0.25, -0.2) is 4.98 Å². The highest BCUT2D eigenvalue weighted by Gasteiger charge is 2.19. The first kappa shape index (κ1) is 19.9. The van der Waals surface area contributed by atoms with Gasteiger partial charge in [-0.2, -0.15) is 0 Å². The minimum atomic E-state index is -0.197. The van der Waals surface area contributed by atoms with E-state index in [1.54, 1.807) is 19.6 Å². The topological polar surface area (TPSA) is 60.5 Å². The summed E-state index contributed by atoms with van der Waals surface area (Å²) in [5, 5.41) is 5.52. The summed E-state index contributed by atoms with van der Waals surface area (Å²) in [6.07, 6.45) is 0. The van der Waals surface area contributed by atoms with Crippen molar-refractivity contribution in [1.29, 1.82) is 0 Å². The van der Waals surface area contributed by atoms with Crippen molar-refractivity contribution >= 4 is 17.2 Å². The second kappa shape index (κ2) is 8.44. The highest BCUT2D eigenvalue weighted by Crippen LogP contribution is 2.39. The average Bonchev–Trinajstić information content (AvgIpc) is 3.19. The molecule has 1 aromatic heterocycles. The van der Waals surface area contributed by atoms with Gasteiger partial charge in [0, 0.05) is 5.38 Å². The van der Waals surface area contributed by atoms with Gasteiger partial charge in [-0.1, -0.05) is 29.8 Å². The normalized spacial score (nSPS) is 11.8. The number of ether oxygens (including phenoxy) is 2. The average molecular weight is 397 g/mol. The van der Waals surface area contributed by atoms with Crippen LogP contribution >= 0.6 is 11.3 Å². The number of nitrogens with one attached hydrogen (secondary N) is 1. The number of amides is 1. The third kappa shape index (κ3) is 4.02. The van der Waals surface area contributed by atoms with Gasteiger partial charge in [-0.3, -0.25) is 4.79 Å². The van der Waals surface area contributed by atoms with Crippen molar-refractivity contribution in [1.82, 2.24) is 10.3 Å². The molecule has 0 saturated carbocycles. The standard InChI is InChI=1S/C22H24N2O3S/c1-13-9-10-14(2)17(11-13)15(3)23-21(25)18-12-28-22(24-18)16-7-6-8-19(26-4)20(16)27-5/h6-12,15H,1-5H3,(H,23,25). The minimum Gasteiger partial charge on any atom is -0.493 e. The molecule has 1 amide bonds. The number of carbonyl (C=O) groups is 1. The van der Waals surface area contributed by atoms with Crippen molar-refractivity contribution in [2.45, 2.75) is 26.8 Å². The lowest BCUT2D eigenvalue weighted by atomic mass is 10.00. The van der Waals surface area contributed by atoms with Crippen LogP contribution in [0.2, 0.25) is 0 Å². The molecule has 0 bridgehead atoms. The van der Waals surface area contributed by atoms with E-state index in [0.29, 0.717) is 22.2 Å². The van der Waals surface area contributed by atoms with E-state index in [4.69, 9.17) is 9.47 Å². The van der Waals surface area contributed by atoms with Crippen LogP contribution in [0.5, 0.6) is 11.5 Å². The Labute approximate surface area is 169 Å². The molecule has 28 heavy (non-hydrogen) atoms. The molecular weight excluding hydrogens is 372 g/mol. The lowest BCUT2D eigenvalue weighted by molar-refractivity contribution is 0.0935. The fourth-order valence-electron chi connectivity index (χ4n) is 3.13. The highest BCUT2D eigenvalue weighted by atomic mass is 32.1. The Morgan fingerprint density at radius 3 is 2.64 bits per heavy atom. The number of carbonyl (C=O) groups excluding carboxylic acids is 1. The number of thiazole rings is 1. The first-order valence-electron chi connectivity index (χ1n) is 8.99. The van der Waals surface area contributed by atoms with Crippen LogP contribution in [0.25, 0.3) is 10.6 Å². The quantitative estimate of drug-likeness (QED) is 0.641. The van der Waals surface area contributed by atoms with Crippen molar-refractivity contribution < 1.29 is 14.3 Å². The molecule has 0 radical (unpaired) electrons. The predicted octanol–water partition coefficient (Wildman–Crippen LogP) is 4.94. The zero-order chi connectivity index (χ0) is 20.3. The summed E-state index contributed by atoms with van der Waals surface area (Å²) >= 11 is 1.40. The number of para-hydroxylation sites is 1. The van der Waals surface area contributed by atoms with E-state index < -0.39 is 0 Å². The third-order valence-corrected chi connectivity index (χ3v) is 5.49. The van der Waals surface area contributed by atoms with E-state index in [0.717, 1.165) is 16.7 Å². The largest absolute Gasteiger partial charge is 0.493 e. The molecule has 1 heterocycles. The van der Waals surface area contributed by atoms with Crippen LogP contribution in [0.15, 0.2) is 41.8 Å². The zero-order valence-corrected chi connectivity index (χ0v) is 17.5. The highest BCUT2D eigenvalue weighted by molar-refractivity contribution is 7.13. The number of nitrogens with zero attached hydrogens (tertiary/aromatic N) is 1. The number of rotatable bonds is 6. The van der Waals surface area contributed by atoms with Crippen molar-refractivity contribution in [3.05, 3.63) is 64.2 Å². The summed E-state index contributed by atoms with van der Waals surface area (Å²) in [4.78, 5) is 17.2. The van der Waals surface area contributed by atoms with Crippen molar-refractivity contribution in [2.75, 3.05) is 14.2 Å². The van der Waals surface area contributed by atoms with Gasteiger partial charge in [0.15, 0.2) is 11.5 Å². The summed E-state index contributed by atoms with van der Waals surface area (Å²) in [7, 11) is 3.19. The van der Waals surface area contributed by atoms with E-state index in [1.807, 2.05) is 39.0 Å². The van der Waals surface area contributed by atoms with Crippen LogP contribution in [0.4, 0.5) is 0 Å². The Bertz CT molecular complexity index is 997. The summed E-state index contributed by atoms with van der Waals surface area (Å²) in [6.45, 7) is 6.08. The summed E-state index contributed by atoms with van der Waals surface area (Å²) in [5.74, 6) is 1.04. The third-order valence-electron chi connectivity index (χ3n) is 4.62. The molecule has 0 aliphatic heterocycles. The lowest BCUT2D eigenvalue weighted by Crippen LogP contribution is -2.27. The van der Waals surface area contributed by atoms with Gasteiger partial charge in [-0.15, -0.1) is 11.3 Å². The van der Waals surface area contributed by atoms with E-state index in [2.05, 4.69) is 28.5 Å². The molecule has 3 aromatic rings. The van der Waals surface area contributed by atoms with Crippen LogP contribution in [0.1, 0.15) is 40.1 Å². The minimum absolute atomic E-state index is 0.107. The number of benzene rings is 2. The van der Waals surface area contributed by atoms with Gasteiger partial charge in [0.1, 0.15) is 10.7 Å². The Morgan fingerprint density at radius 1 is 1.14 bits per heavy atom. The molecule has 1 atom stereocenters. The fraction of sp³-hybridized carbons (Fsp3) is 0.273. The molecule has 0 aliphatic carbocycles. The molecule has 146 valence electrons. The summed E-state index contributed by atoms with van der Waals surface area (Å²) in [5.41, 5.74) is 4.62. The Hall–Kier alpha value is -2.86. The molecule has 0 aliphatic rings. The fourth-order valence-corrected chi connectivity index (χ4v) is 3.95. The Kier molecular flexibility index (Phi) is 5.99. The molecule has 0 spiro atoms. The smallest absolute Gasteiger partial charge is 0.271 e. The first-order valence-corrected chi connectivity index (χ1v) is 9.87. The number of methoxy groups -OCH3 is 2. The molecule has 1 N–H and O–H groups in total. The SMILES string of the molecule is COc1cccc(-c2nc(C(=O)NC(C)c3cc(C)ccc3C)cs2)c1OC. The number of aryl methyl sites for hydroxylation is 2. The second-order valence-corrected chi connectivity index (χ2v) is 7.49. The lowest BCUT2D eigenvalue weighted by Gasteiger charge is -2.16. The Balaban J connectivity index is 1.82. The molecule has 2 aromatic carbocycles. The molecular formula is C22H24N2O3S. The van der Waals surface area contributed by atoms with E-state index in [1.165, 1.54) is 16.9 Å². The van der Waals surface area contributed by atoms with Crippen molar-refractivity contribution in [3.8, 4) is 22.1 Å². The monoisotopic (exact) mass is 396 g/mol.